The van der Waals surface area contributed by atoms with Crippen LogP contribution in [0.1, 0.15) is 34.6 Å². The van der Waals surface area contributed by atoms with Crippen LogP contribution in [-0.2, 0) is 0 Å². The summed E-state index contributed by atoms with van der Waals surface area (Å²) in [7, 11) is 0. The molecular formula is C25H28N4O3. The smallest absolute Gasteiger partial charge is 0.253 e. The van der Waals surface area contributed by atoms with E-state index in [9.17, 15) is 9.90 Å². The summed E-state index contributed by atoms with van der Waals surface area (Å²) in [5, 5.41) is 15.0. The number of aryl methyl sites for hydroxylation is 2. The molecule has 1 aliphatic heterocycles. The molecule has 0 radical (unpaired) electrons. The normalized spacial score (nSPS) is 24.9. The third-order valence-electron chi connectivity index (χ3n) is 6.69. The molecule has 1 saturated heterocycles. The highest BCUT2D eigenvalue weighted by atomic mass is 16.5. The van der Waals surface area contributed by atoms with Crippen LogP contribution in [0, 0.1) is 25.7 Å². The molecule has 0 bridgehead atoms. The summed E-state index contributed by atoms with van der Waals surface area (Å²) in [6, 6.07) is 13.3. The number of hydrogen-bond acceptors (Lipinski definition) is 5. The predicted octanol–water partition coefficient (Wildman–Crippen LogP) is 3.17. The van der Waals surface area contributed by atoms with Crippen molar-refractivity contribution >= 4 is 5.91 Å². The van der Waals surface area contributed by atoms with Crippen molar-refractivity contribution in [3.05, 3.63) is 71.8 Å². The zero-order valence-electron chi connectivity index (χ0n) is 18.4. The van der Waals surface area contributed by atoms with Gasteiger partial charge in [-0.3, -0.25) is 9.78 Å². The van der Waals surface area contributed by atoms with Crippen molar-refractivity contribution < 1.29 is 14.6 Å². The molecule has 1 aromatic carbocycles. The Labute approximate surface area is 187 Å². The first-order valence-electron chi connectivity index (χ1n) is 11.2. The van der Waals surface area contributed by atoms with E-state index < -0.39 is 6.10 Å². The third kappa shape index (κ3) is 4.00. The second-order valence-electron chi connectivity index (χ2n) is 8.96. The van der Waals surface area contributed by atoms with E-state index in [2.05, 4.69) is 10.1 Å². The standard InChI is InChI=1S/C25H28N4O3/c1-16-7-8-23(17(2)27-16)32-24-13-20-15-28(14-19(20)12-22(24)30)25(31)18-5-3-6-21(11-18)29-10-4-9-26-29/h3-11,19-20,22,24,30H,12-15H2,1-2H3/t19-,20+,22+,24+/m0/s1. The highest BCUT2D eigenvalue weighted by molar-refractivity contribution is 5.95. The minimum atomic E-state index is -0.546. The maximum absolute atomic E-state index is 13.2. The van der Waals surface area contributed by atoms with E-state index >= 15 is 0 Å². The number of amides is 1. The minimum Gasteiger partial charge on any atom is -0.486 e. The fourth-order valence-corrected chi connectivity index (χ4v) is 5.03. The SMILES string of the molecule is Cc1ccc(O[C@@H]2C[C@@H]3CN(C(=O)c4cccc(-n5cccn5)c4)C[C@@H]3C[C@H]2O)c(C)n1. The molecular weight excluding hydrogens is 404 g/mol. The number of nitrogens with zero attached hydrogens (tertiary/aromatic N) is 4. The average Bonchev–Trinajstić information content (AvgIpc) is 3.45. The van der Waals surface area contributed by atoms with Crippen LogP contribution in [0.25, 0.3) is 5.69 Å². The minimum absolute atomic E-state index is 0.0268. The van der Waals surface area contributed by atoms with Crippen LogP contribution in [0.4, 0.5) is 0 Å². The second kappa shape index (κ2) is 8.39. The molecule has 2 aromatic heterocycles. The molecule has 2 fully saturated rings. The van der Waals surface area contributed by atoms with Crippen molar-refractivity contribution in [2.45, 2.75) is 38.9 Å². The van der Waals surface area contributed by atoms with Gasteiger partial charge in [0.25, 0.3) is 5.91 Å². The number of benzene rings is 1. The number of aliphatic hydroxyl groups is 1. The summed E-state index contributed by atoms with van der Waals surface area (Å²) >= 11 is 0. The van der Waals surface area contributed by atoms with Crippen molar-refractivity contribution in [3.63, 3.8) is 0 Å². The number of hydrogen-bond donors (Lipinski definition) is 1. The van der Waals surface area contributed by atoms with Crippen molar-refractivity contribution in [1.29, 1.82) is 0 Å². The first-order chi connectivity index (χ1) is 15.5. The van der Waals surface area contributed by atoms with Crippen molar-refractivity contribution in [2.75, 3.05) is 13.1 Å². The van der Waals surface area contributed by atoms with Crippen LogP contribution in [0.3, 0.4) is 0 Å². The Balaban J connectivity index is 1.27. The van der Waals surface area contributed by atoms with Crippen molar-refractivity contribution in [2.24, 2.45) is 11.8 Å². The molecule has 4 atom stereocenters. The monoisotopic (exact) mass is 432 g/mol. The molecule has 0 spiro atoms. The van der Waals surface area contributed by atoms with Gasteiger partial charge in [-0.2, -0.15) is 5.10 Å². The molecule has 166 valence electrons. The number of rotatable bonds is 4. The van der Waals surface area contributed by atoms with Gasteiger partial charge in [0.15, 0.2) is 0 Å². The summed E-state index contributed by atoms with van der Waals surface area (Å²) in [5.41, 5.74) is 3.30. The largest absolute Gasteiger partial charge is 0.486 e. The number of aliphatic hydroxyl groups excluding tert-OH is 1. The number of carbonyl (C=O) groups excluding carboxylic acids is 1. The molecule has 5 rings (SSSR count). The molecule has 7 heteroatoms. The average molecular weight is 433 g/mol. The number of likely N-dealkylation sites (tertiary alicyclic amines) is 1. The highest BCUT2D eigenvalue weighted by Crippen LogP contribution is 2.38. The molecule has 1 N–H and O–H groups in total. The number of fused-ring (bicyclic) bond motifs is 1. The fourth-order valence-electron chi connectivity index (χ4n) is 5.03. The van der Waals surface area contributed by atoms with E-state index in [0.717, 1.165) is 29.2 Å². The fraction of sp³-hybridized carbons (Fsp3) is 0.400. The number of aromatic nitrogens is 3. The maximum atomic E-state index is 13.2. The van der Waals surface area contributed by atoms with Gasteiger partial charge in [-0.05, 0) is 74.9 Å². The molecule has 7 nitrogen and oxygen atoms in total. The van der Waals surface area contributed by atoms with Gasteiger partial charge < -0.3 is 14.7 Å². The Morgan fingerprint density at radius 1 is 1.09 bits per heavy atom. The van der Waals surface area contributed by atoms with Gasteiger partial charge in [0.1, 0.15) is 11.9 Å². The van der Waals surface area contributed by atoms with Gasteiger partial charge >= 0.3 is 0 Å². The van der Waals surface area contributed by atoms with Gasteiger partial charge in [-0.25, -0.2) is 4.68 Å². The quantitative estimate of drug-likeness (QED) is 0.685. The Hall–Kier alpha value is -3.19. The first kappa shape index (κ1) is 20.7. The molecule has 3 heterocycles. The van der Waals surface area contributed by atoms with E-state index in [4.69, 9.17) is 4.74 Å². The second-order valence-corrected chi connectivity index (χ2v) is 8.96. The van der Waals surface area contributed by atoms with Crippen LogP contribution in [0.15, 0.2) is 54.9 Å². The van der Waals surface area contributed by atoms with Crippen LogP contribution in [0.2, 0.25) is 0 Å². The molecule has 1 amide bonds. The van der Waals surface area contributed by atoms with E-state index in [1.165, 1.54) is 0 Å². The Morgan fingerprint density at radius 3 is 2.66 bits per heavy atom. The van der Waals surface area contributed by atoms with Gasteiger partial charge in [-0.15, -0.1) is 0 Å². The summed E-state index contributed by atoms with van der Waals surface area (Å²) in [5.74, 6) is 1.36. The molecule has 1 aliphatic carbocycles. The van der Waals surface area contributed by atoms with E-state index in [1.54, 1.807) is 10.9 Å². The first-order valence-corrected chi connectivity index (χ1v) is 11.2. The van der Waals surface area contributed by atoms with E-state index in [1.807, 2.05) is 67.4 Å². The van der Waals surface area contributed by atoms with Gasteiger partial charge in [0, 0.05) is 36.7 Å². The molecule has 32 heavy (non-hydrogen) atoms. The lowest BCUT2D eigenvalue weighted by molar-refractivity contribution is -0.0236. The van der Waals surface area contributed by atoms with Crippen LogP contribution in [-0.4, -0.2) is 56.0 Å². The van der Waals surface area contributed by atoms with E-state index in [-0.39, 0.29) is 12.0 Å². The van der Waals surface area contributed by atoms with Crippen LogP contribution in [0.5, 0.6) is 5.75 Å². The highest BCUT2D eigenvalue weighted by Gasteiger charge is 2.44. The van der Waals surface area contributed by atoms with Gasteiger partial charge in [0.2, 0.25) is 0 Å². The Morgan fingerprint density at radius 2 is 1.91 bits per heavy atom. The lowest BCUT2D eigenvalue weighted by Crippen LogP contribution is -2.42. The van der Waals surface area contributed by atoms with E-state index in [0.29, 0.717) is 36.9 Å². The number of pyridine rings is 1. The number of carbonyl (C=O) groups is 1. The molecule has 0 unspecified atom stereocenters. The zero-order chi connectivity index (χ0) is 22.2. The van der Waals surface area contributed by atoms with Gasteiger partial charge in [0.05, 0.1) is 17.5 Å². The van der Waals surface area contributed by atoms with Crippen molar-refractivity contribution in [3.8, 4) is 11.4 Å². The predicted molar refractivity (Wildman–Crippen MR) is 120 cm³/mol. The molecule has 3 aromatic rings. The number of ether oxygens (including phenoxy) is 1. The Bertz CT molecular complexity index is 1110. The topological polar surface area (TPSA) is 80.5 Å². The summed E-state index contributed by atoms with van der Waals surface area (Å²) in [6.45, 7) is 5.23. The Kier molecular flexibility index (Phi) is 5.43. The lowest BCUT2D eigenvalue weighted by atomic mass is 9.78. The summed E-state index contributed by atoms with van der Waals surface area (Å²) in [6.07, 6.45) is 4.13. The zero-order valence-corrected chi connectivity index (χ0v) is 18.4. The van der Waals surface area contributed by atoms with Crippen LogP contribution >= 0.6 is 0 Å². The maximum Gasteiger partial charge on any atom is 0.253 e. The summed E-state index contributed by atoms with van der Waals surface area (Å²) < 4.78 is 7.92. The van der Waals surface area contributed by atoms with Gasteiger partial charge in [-0.1, -0.05) is 6.07 Å². The van der Waals surface area contributed by atoms with Crippen LogP contribution < -0.4 is 4.74 Å². The lowest BCUT2D eigenvalue weighted by Gasteiger charge is -2.35. The van der Waals surface area contributed by atoms with Crippen molar-refractivity contribution in [1.82, 2.24) is 19.7 Å². The summed E-state index contributed by atoms with van der Waals surface area (Å²) in [4.78, 5) is 19.6. The third-order valence-corrected chi connectivity index (χ3v) is 6.69. The molecule has 1 saturated carbocycles. The molecule has 2 aliphatic rings.